The lowest BCUT2D eigenvalue weighted by molar-refractivity contribution is 0.834. The molecule has 0 aliphatic carbocycles. The fourth-order valence-corrected chi connectivity index (χ4v) is 2.82. The molecule has 1 aromatic rings. The zero-order chi connectivity index (χ0) is 13.7. The molecular weight excluding hydrogens is 204 g/mol. The summed E-state index contributed by atoms with van der Waals surface area (Å²) in [5.74, 6) is 0.633. The van der Waals surface area contributed by atoms with Crippen LogP contribution in [0.4, 0.5) is 0 Å². The monoisotopic (exact) mass is 234 g/mol. The van der Waals surface area contributed by atoms with E-state index in [0.717, 1.165) is 6.42 Å². The molecular formula is C17H30. The van der Waals surface area contributed by atoms with E-state index in [-0.39, 0.29) is 0 Å². The average molecular weight is 234 g/mol. The predicted molar refractivity (Wildman–Crippen MR) is 80.2 cm³/mol. The second-order valence-electron chi connectivity index (χ2n) is 4.90. The molecule has 0 aliphatic rings. The summed E-state index contributed by atoms with van der Waals surface area (Å²) in [7, 11) is 0. The van der Waals surface area contributed by atoms with Gasteiger partial charge >= 0.3 is 0 Å². The van der Waals surface area contributed by atoms with E-state index in [0.29, 0.717) is 5.92 Å². The summed E-state index contributed by atoms with van der Waals surface area (Å²) >= 11 is 0. The lowest BCUT2D eigenvalue weighted by atomic mass is 9.83. The maximum Gasteiger partial charge on any atom is -0.0213 e. The second-order valence-corrected chi connectivity index (χ2v) is 4.90. The van der Waals surface area contributed by atoms with E-state index in [2.05, 4.69) is 48.5 Å². The molecule has 0 radical (unpaired) electrons. The molecule has 0 amide bonds. The highest BCUT2D eigenvalue weighted by Crippen LogP contribution is 2.31. The van der Waals surface area contributed by atoms with Gasteiger partial charge in [-0.15, -0.1) is 0 Å². The average Bonchev–Trinajstić information content (AvgIpc) is 2.30. The van der Waals surface area contributed by atoms with Crippen molar-refractivity contribution in [2.45, 2.75) is 74.7 Å². The van der Waals surface area contributed by atoms with E-state index in [1.165, 1.54) is 22.3 Å². The third-order valence-electron chi connectivity index (χ3n) is 3.77. The molecule has 17 heavy (non-hydrogen) atoms. The van der Waals surface area contributed by atoms with Gasteiger partial charge in [0.2, 0.25) is 0 Å². The smallest absolute Gasteiger partial charge is 0.0213 e. The molecule has 1 rings (SSSR count). The Morgan fingerprint density at radius 1 is 0.765 bits per heavy atom. The highest BCUT2D eigenvalue weighted by molar-refractivity contribution is 5.51. The molecule has 0 heteroatoms. The maximum absolute atomic E-state index is 2.29. The van der Waals surface area contributed by atoms with Crippen molar-refractivity contribution in [2.75, 3.05) is 0 Å². The Morgan fingerprint density at radius 3 is 1.35 bits per heavy atom. The van der Waals surface area contributed by atoms with Crippen LogP contribution >= 0.6 is 0 Å². The van der Waals surface area contributed by atoms with Crippen LogP contribution < -0.4 is 0 Å². The van der Waals surface area contributed by atoms with Crippen molar-refractivity contribution in [3.8, 4) is 0 Å². The zero-order valence-corrected chi connectivity index (χ0v) is 13.3. The van der Waals surface area contributed by atoms with Crippen LogP contribution in [0.2, 0.25) is 0 Å². The molecule has 1 aromatic carbocycles. The quantitative estimate of drug-likeness (QED) is 0.622. The molecule has 0 aliphatic heterocycles. The SMILES string of the molecule is CC.CCc1c(C)c(C)c(C(C)C)c(C)c1C. The summed E-state index contributed by atoms with van der Waals surface area (Å²) in [5, 5.41) is 0. The summed E-state index contributed by atoms with van der Waals surface area (Å²) in [6, 6.07) is 0. The van der Waals surface area contributed by atoms with Gasteiger partial charge in [-0.25, -0.2) is 0 Å². The molecule has 0 fully saturated rings. The normalized spacial score (nSPS) is 10.2. The van der Waals surface area contributed by atoms with Gasteiger partial charge in [-0.05, 0) is 73.4 Å². The number of benzene rings is 1. The van der Waals surface area contributed by atoms with E-state index in [9.17, 15) is 0 Å². The van der Waals surface area contributed by atoms with Gasteiger partial charge in [0.05, 0.1) is 0 Å². The highest BCUT2D eigenvalue weighted by atomic mass is 14.2. The minimum atomic E-state index is 0.633. The third kappa shape index (κ3) is 3.12. The molecule has 0 nitrogen and oxygen atoms in total. The van der Waals surface area contributed by atoms with E-state index in [1.807, 2.05) is 13.8 Å². The van der Waals surface area contributed by atoms with Crippen molar-refractivity contribution >= 4 is 0 Å². The second kappa shape index (κ2) is 6.83. The van der Waals surface area contributed by atoms with Gasteiger partial charge in [-0.2, -0.15) is 0 Å². The van der Waals surface area contributed by atoms with Crippen molar-refractivity contribution in [3.05, 3.63) is 33.4 Å². The number of hydrogen-bond acceptors (Lipinski definition) is 0. The molecule has 0 aromatic heterocycles. The van der Waals surface area contributed by atoms with Crippen LogP contribution in [0.1, 0.15) is 73.9 Å². The van der Waals surface area contributed by atoms with Crippen LogP contribution in [0.5, 0.6) is 0 Å². The number of rotatable bonds is 2. The van der Waals surface area contributed by atoms with Gasteiger partial charge in [0, 0.05) is 0 Å². The van der Waals surface area contributed by atoms with E-state index in [4.69, 9.17) is 0 Å². The summed E-state index contributed by atoms with van der Waals surface area (Å²) in [4.78, 5) is 0. The minimum Gasteiger partial charge on any atom is -0.0683 e. The molecule has 0 bridgehead atoms. The molecule has 0 unspecified atom stereocenters. The molecule has 0 atom stereocenters. The molecule has 0 spiro atoms. The molecule has 98 valence electrons. The first kappa shape index (κ1) is 16.2. The largest absolute Gasteiger partial charge is 0.0683 e. The van der Waals surface area contributed by atoms with E-state index < -0.39 is 0 Å². The fraction of sp³-hybridized carbons (Fsp3) is 0.647. The Labute approximate surface area is 108 Å². The van der Waals surface area contributed by atoms with E-state index in [1.54, 1.807) is 11.1 Å². The van der Waals surface area contributed by atoms with Crippen LogP contribution in [-0.4, -0.2) is 0 Å². The predicted octanol–water partition coefficient (Wildman–Crippen LogP) is 5.63. The fourth-order valence-electron chi connectivity index (χ4n) is 2.82. The van der Waals surface area contributed by atoms with Crippen molar-refractivity contribution in [3.63, 3.8) is 0 Å². The standard InChI is InChI=1S/C15H24.C2H6/c1-8-14-10(4)12(6)15(9(2)3)13(7)11(14)5;1-2/h9H,8H2,1-7H3;1-2H3. The lowest BCUT2D eigenvalue weighted by Crippen LogP contribution is -2.05. The first-order valence-corrected chi connectivity index (χ1v) is 7.00. The van der Waals surface area contributed by atoms with E-state index >= 15 is 0 Å². The van der Waals surface area contributed by atoms with Crippen LogP contribution in [0.3, 0.4) is 0 Å². The molecule has 0 saturated heterocycles. The Kier molecular flexibility index (Phi) is 6.52. The Hall–Kier alpha value is -0.780. The molecule has 0 saturated carbocycles. The van der Waals surface area contributed by atoms with Crippen molar-refractivity contribution in [2.24, 2.45) is 0 Å². The highest BCUT2D eigenvalue weighted by Gasteiger charge is 2.15. The summed E-state index contributed by atoms with van der Waals surface area (Å²) < 4.78 is 0. The van der Waals surface area contributed by atoms with Crippen molar-refractivity contribution in [1.29, 1.82) is 0 Å². The summed E-state index contributed by atoms with van der Waals surface area (Å²) in [5.41, 5.74) is 9.13. The van der Waals surface area contributed by atoms with Gasteiger partial charge in [0.1, 0.15) is 0 Å². The Balaban J connectivity index is 0.00000121. The topological polar surface area (TPSA) is 0 Å². The van der Waals surface area contributed by atoms with Crippen LogP contribution in [0, 0.1) is 27.7 Å². The third-order valence-corrected chi connectivity index (χ3v) is 3.77. The first-order chi connectivity index (χ1) is 7.91. The Bertz CT molecular complexity index is 341. The molecule has 0 heterocycles. The minimum absolute atomic E-state index is 0.633. The summed E-state index contributed by atoms with van der Waals surface area (Å²) in [6.45, 7) is 19.9. The van der Waals surface area contributed by atoms with Gasteiger partial charge in [-0.3, -0.25) is 0 Å². The van der Waals surface area contributed by atoms with Gasteiger partial charge in [0.25, 0.3) is 0 Å². The first-order valence-electron chi connectivity index (χ1n) is 7.00. The van der Waals surface area contributed by atoms with Gasteiger partial charge < -0.3 is 0 Å². The summed E-state index contributed by atoms with van der Waals surface area (Å²) in [6.07, 6.45) is 1.15. The zero-order valence-electron chi connectivity index (χ0n) is 13.3. The van der Waals surface area contributed by atoms with Crippen LogP contribution in [0.25, 0.3) is 0 Å². The van der Waals surface area contributed by atoms with Crippen molar-refractivity contribution < 1.29 is 0 Å². The van der Waals surface area contributed by atoms with Crippen LogP contribution in [-0.2, 0) is 6.42 Å². The van der Waals surface area contributed by atoms with Crippen LogP contribution in [0.15, 0.2) is 0 Å². The maximum atomic E-state index is 2.29. The number of hydrogen-bond donors (Lipinski definition) is 0. The lowest BCUT2D eigenvalue weighted by Gasteiger charge is -2.22. The van der Waals surface area contributed by atoms with Crippen molar-refractivity contribution in [1.82, 2.24) is 0 Å². The van der Waals surface area contributed by atoms with Gasteiger partial charge in [0.15, 0.2) is 0 Å². The van der Waals surface area contributed by atoms with Gasteiger partial charge in [-0.1, -0.05) is 34.6 Å². The Morgan fingerprint density at radius 2 is 1.12 bits per heavy atom. The molecule has 0 N–H and O–H groups in total.